The highest BCUT2D eigenvalue weighted by Crippen LogP contribution is 2.23. The molecule has 0 unspecified atom stereocenters. The number of oxime groups is 1. The van der Waals surface area contributed by atoms with Gasteiger partial charge in [0, 0.05) is 15.2 Å². The van der Waals surface area contributed by atoms with Gasteiger partial charge in [-0.2, -0.15) is 0 Å². The fourth-order valence-corrected chi connectivity index (χ4v) is 2.10. The van der Waals surface area contributed by atoms with E-state index in [-0.39, 0.29) is 11.4 Å². The largest absolute Gasteiger partial charge is 0.497 e. The number of hydrogen-bond acceptors (Lipinski definition) is 5. The van der Waals surface area contributed by atoms with Gasteiger partial charge in [-0.15, -0.1) is 0 Å². The Morgan fingerprint density at radius 2 is 1.57 bits per heavy atom. The second kappa shape index (κ2) is 7.82. The molecule has 7 heteroatoms. The van der Waals surface area contributed by atoms with Crippen LogP contribution in [-0.2, 0) is 4.84 Å². The molecule has 0 bridgehead atoms. The number of hydrogen-bond donors (Lipinski definition) is 1. The quantitative estimate of drug-likeness (QED) is 0.262. The maximum Gasteiger partial charge on any atom is 0.366 e. The fourth-order valence-electron chi connectivity index (χ4n) is 1.74. The van der Waals surface area contributed by atoms with Crippen LogP contribution in [0.4, 0.5) is 0 Å². The van der Waals surface area contributed by atoms with E-state index in [2.05, 4.69) is 27.7 Å². The molecule has 2 aromatic carbocycles. The Kier molecular flexibility index (Phi) is 5.80. The molecule has 2 aromatic rings. The van der Waals surface area contributed by atoms with Gasteiger partial charge in [0.2, 0.25) is 0 Å². The van der Waals surface area contributed by atoms with E-state index < -0.39 is 5.97 Å². The lowest BCUT2D eigenvalue weighted by atomic mass is 10.2. The number of methoxy groups -OCH3 is 2. The summed E-state index contributed by atoms with van der Waals surface area (Å²) in [7, 11) is 2.99. The summed E-state index contributed by atoms with van der Waals surface area (Å²) in [5.41, 5.74) is 6.72. The van der Waals surface area contributed by atoms with Crippen molar-refractivity contribution in [3.63, 3.8) is 0 Å². The second-order valence-electron chi connectivity index (χ2n) is 4.46. The molecule has 0 fully saturated rings. The van der Waals surface area contributed by atoms with Crippen molar-refractivity contribution in [1.82, 2.24) is 0 Å². The Morgan fingerprint density at radius 1 is 1.00 bits per heavy atom. The maximum absolute atomic E-state index is 12.1. The van der Waals surface area contributed by atoms with E-state index in [1.54, 1.807) is 18.2 Å². The molecule has 0 saturated carbocycles. The van der Waals surface area contributed by atoms with Crippen molar-refractivity contribution in [3.8, 4) is 11.5 Å². The Hall–Kier alpha value is -2.29. The lowest BCUT2D eigenvalue weighted by molar-refractivity contribution is 0.0515. The third-order valence-corrected chi connectivity index (χ3v) is 3.67. The van der Waals surface area contributed by atoms with E-state index >= 15 is 0 Å². The summed E-state index contributed by atoms with van der Waals surface area (Å²) in [4.78, 5) is 17.0. The minimum absolute atomic E-state index is 0.115. The van der Waals surface area contributed by atoms with Gasteiger partial charge in [0.25, 0.3) is 0 Å². The number of halogens is 1. The number of rotatable bonds is 5. The molecule has 0 aliphatic rings. The molecule has 6 nitrogen and oxygen atoms in total. The minimum atomic E-state index is -0.657. The molecule has 0 saturated heterocycles. The van der Waals surface area contributed by atoms with Gasteiger partial charge in [0.1, 0.15) is 11.5 Å². The zero-order chi connectivity index (χ0) is 16.8. The van der Waals surface area contributed by atoms with E-state index in [0.29, 0.717) is 17.1 Å². The maximum atomic E-state index is 12.1. The van der Waals surface area contributed by atoms with Gasteiger partial charge >= 0.3 is 5.97 Å². The molecule has 0 amide bonds. The van der Waals surface area contributed by atoms with E-state index in [1.807, 2.05) is 12.1 Å². The molecular formula is C16H15IN2O4. The second-order valence-corrected chi connectivity index (χ2v) is 5.71. The fraction of sp³-hybridized carbons (Fsp3) is 0.125. The Balaban J connectivity index is 2.15. The number of carbonyl (C=O) groups is 1. The minimum Gasteiger partial charge on any atom is -0.497 e. The average Bonchev–Trinajstić information content (AvgIpc) is 2.59. The normalized spacial score (nSPS) is 11.0. The SMILES string of the molecule is COc1cc(OC)cc(C(=O)O/N=C(\N)c2ccc(I)cc2)c1. The Bertz CT molecular complexity index is 707. The van der Waals surface area contributed by atoms with Crippen LogP contribution in [0, 0.1) is 3.57 Å². The average molecular weight is 426 g/mol. The molecular weight excluding hydrogens is 411 g/mol. The summed E-state index contributed by atoms with van der Waals surface area (Å²) in [5.74, 6) is 0.414. The first kappa shape index (κ1) is 17.1. The van der Waals surface area contributed by atoms with Crippen LogP contribution in [0.1, 0.15) is 15.9 Å². The molecule has 23 heavy (non-hydrogen) atoms. The number of ether oxygens (including phenoxy) is 2. The van der Waals surface area contributed by atoms with Gasteiger partial charge in [0.15, 0.2) is 5.84 Å². The molecule has 0 aliphatic carbocycles. The topological polar surface area (TPSA) is 83.1 Å². The molecule has 2 rings (SSSR count). The summed E-state index contributed by atoms with van der Waals surface area (Å²) >= 11 is 2.18. The highest BCUT2D eigenvalue weighted by molar-refractivity contribution is 14.1. The van der Waals surface area contributed by atoms with Gasteiger partial charge < -0.3 is 20.0 Å². The zero-order valence-corrected chi connectivity index (χ0v) is 14.7. The Labute approximate surface area is 147 Å². The zero-order valence-electron chi connectivity index (χ0n) is 12.6. The van der Waals surface area contributed by atoms with Crippen molar-refractivity contribution in [2.24, 2.45) is 10.9 Å². The smallest absolute Gasteiger partial charge is 0.366 e. The molecule has 0 aromatic heterocycles. The predicted molar refractivity (Wildman–Crippen MR) is 94.8 cm³/mol. The molecule has 0 aliphatic heterocycles. The number of nitrogens with zero attached hydrogens (tertiary/aromatic N) is 1. The first-order chi connectivity index (χ1) is 11.0. The first-order valence-corrected chi connectivity index (χ1v) is 7.65. The van der Waals surface area contributed by atoms with Gasteiger partial charge in [-0.25, -0.2) is 4.79 Å². The molecule has 0 radical (unpaired) electrons. The van der Waals surface area contributed by atoms with Crippen LogP contribution in [0.15, 0.2) is 47.6 Å². The van der Waals surface area contributed by atoms with E-state index in [9.17, 15) is 4.79 Å². The summed E-state index contributed by atoms with van der Waals surface area (Å²) < 4.78 is 11.3. The first-order valence-electron chi connectivity index (χ1n) is 6.57. The van der Waals surface area contributed by atoms with Gasteiger partial charge in [-0.1, -0.05) is 17.3 Å². The van der Waals surface area contributed by atoms with Crippen molar-refractivity contribution >= 4 is 34.4 Å². The van der Waals surface area contributed by atoms with Crippen LogP contribution in [0.25, 0.3) is 0 Å². The molecule has 0 heterocycles. The van der Waals surface area contributed by atoms with E-state index in [0.717, 1.165) is 3.57 Å². The van der Waals surface area contributed by atoms with Crippen molar-refractivity contribution in [2.75, 3.05) is 14.2 Å². The van der Waals surface area contributed by atoms with Crippen molar-refractivity contribution in [2.45, 2.75) is 0 Å². The van der Waals surface area contributed by atoms with Crippen molar-refractivity contribution in [1.29, 1.82) is 0 Å². The third-order valence-electron chi connectivity index (χ3n) is 2.95. The highest BCUT2D eigenvalue weighted by atomic mass is 127. The van der Waals surface area contributed by atoms with E-state index in [4.69, 9.17) is 20.0 Å². The number of carbonyl (C=O) groups excluding carboxylic acids is 1. The van der Waals surface area contributed by atoms with Crippen LogP contribution >= 0.6 is 22.6 Å². The lowest BCUT2D eigenvalue weighted by Gasteiger charge is -2.07. The van der Waals surface area contributed by atoms with Crippen LogP contribution in [0.3, 0.4) is 0 Å². The van der Waals surface area contributed by atoms with Crippen molar-refractivity contribution in [3.05, 3.63) is 57.2 Å². The lowest BCUT2D eigenvalue weighted by Crippen LogP contribution is -2.15. The number of benzene rings is 2. The molecule has 0 atom stereocenters. The van der Waals surface area contributed by atoms with Gasteiger partial charge in [-0.3, -0.25) is 0 Å². The van der Waals surface area contributed by atoms with E-state index in [1.165, 1.54) is 26.4 Å². The molecule has 0 spiro atoms. The standard InChI is InChI=1S/C16H15IN2O4/c1-21-13-7-11(8-14(9-13)22-2)16(20)23-19-15(18)10-3-5-12(17)6-4-10/h3-9H,1-2H3,(H2,18,19). The van der Waals surface area contributed by atoms with Crippen LogP contribution < -0.4 is 15.2 Å². The van der Waals surface area contributed by atoms with Gasteiger partial charge in [-0.05, 0) is 46.9 Å². The molecule has 2 N–H and O–H groups in total. The summed E-state index contributed by atoms with van der Waals surface area (Å²) in [6.07, 6.45) is 0. The Morgan fingerprint density at radius 3 is 2.09 bits per heavy atom. The van der Waals surface area contributed by atoms with Crippen molar-refractivity contribution < 1.29 is 19.1 Å². The van der Waals surface area contributed by atoms with Gasteiger partial charge in [0.05, 0.1) is 19.8 Å². The third kappa shape index (κ3) is 4.59. The monoisotopic (exact) mass is 426 g/mol. The summed E-state index contributed by atoms with van der Waals surface area (Å²) in [6, 6.07) is 12.1. The van der Waals surface area contributed by atoms with Crippen LogP contribution in [-0.4, -0.2) is 26.0 Å². The van der Waals surface area contributed by atoms with Crippen LogP contribution in [0.5, 0.6) is 11.5 Å². The predicted octanol–water partition coefficient (Wildman–Crippen LogP) is 2.79. The number of amidine groups is 1. The summed E-state index contributed by atoms with van der Waals surface area (Å²) in [6.45, 7) is 0. The molecule has 120 valence electrons. The summed E-state index contributed by atoms with van der Waals surface area (Å²) in [5, 5.41) is 3.67. The van der Waals surface area contributed by atoms with Crippen LogP contribution in [0.2, 0.25) is 0 Å². The number of nitrogens with two attached hydrogens (primary N) is 1. The highest BCUT2D eigenvalue weighted by Gasteiger charge is 2.12.